The molecule has 0 atom stereocenters. The number of rotatable bonds is 12. The highest BCUT2D eigenvalue weighted by molar-refractivity contribution is 7.98. The lowest BCUT2D eigenvalue weighted by Crippen LogP contribution is -2.27. The first kappa shape index (κ1) is 27.5. The molecule has 0 radical (unpaired) electrons. The molecule has 1 N–H and O–H groups in total. The van der Waals surface area contributed by atoms with Gasteiger partial charge in [0.1, 0.15) is 0 Å². The van der Waals surface area contributed by atoms with E-state index in [0.717, 1.165) is 11.1 Å². The summed E-state index contributed by atoms with van der Waals surface area (Å²) >= 11 is 7.50. The predicted octanol–water partition coefficient (Wildman–Crippen LogP) is 5.50. The SMILES string of the molecule is COc1ccc(CCNC(=O)CCCn2c(SCc3ccc(Cl)cc3)nc3ccccc3c2=O)cc1OC. The summed E-state index contributed by atoms with van der Waals surface area (Å²) in [5, 5.41) is 4.85. The van der Waals surface area contributed by atoms with E-state index < -0.39 is 0 Å². The molecule has 38 heavy (non-hydrogen) atoms. The summed E-state index contributed by atoms with van der Waals surface area (Å²) in [6.45, 7) is 0.913. The number of hydrogen-bond acceptors (Lipinski definition) is 6. The second kappa shape index (κ2) is 13.3. The minimum Gasteiger partial charge on any atom is -0.493 e. The number of halogens is 1. The molecule has 0 bridgehead atoms. The maximum Gasteiger partial charge on any atom is 0.262 e. The molecule has 4 aromatic rings. The first-order valence-corrected chi connectivity index (χ1v) is 13.7. The molecule has 0 aliphatic carbocycles. The van der Waals surface area contributed by atoms with Crippen LogP contribution in [0.15, 0.2) is 76.7 Å². The van der Waals surface area contributed by atoms with Gasteiger partial charge in [-0.05, 0) is 60.4 Å². The third-order valence-electron chi connectivity index (χ3n) is 6.08. The van der Waals surface area contributed by atoms with E-state index in [1.807, 2.05) is 60.7 Å². The maximum absolute atomic E-state index is 13.3. The molecule has 0 spiro atoms. The zero-order valence-corrected chi connectivity index (χ0v) is 23.0. The van der Waals surface area contributed by atoms with Crippen LogP contribution in [0.5, 0.6) is 11.5 Å². The standard InChI is InChI=1S/C29H30ClN3O4S/c1-36-25-14-11-20(18-26(25)37-2)15-16-31-27(34)8-5-17-33-28(35)23-6-3-4-7-24(23)32-29(33)38-19-21-9-12-22(30)13-10-21/h3-4,6-7,9-14,18H,5,8,15-17,19H2,1-2H3,(H,31,34). The number of ether oxygens (including phenoxy) is 2. The summed E-state index contributed by atoms with van der Waals surface area (Å²) in [4.78, 5) is 30.5. The van der Waals surface area contributed by atoms with Crippen LogP contribution in [-0.2, 0) is 23.5 Å². The van der Waals surface area contributed by atoms with Gasteiger partial charge >= 0.3 is 0 Å². The van der Waals surface area contributed by atoms with Gasteiger partial charge in [0.25, 0.3) is 5.56 Å². The number of carbonyl (C=O) groups is 1. The quantitative estimate of drug-likeness (QED) is 0.185. The van der Waals surface area contributed by atoms with Gasteiger partial charge in [-0.25, -0.2) is 4.98 Å². The molecule has 0 saturated carbocycles. The first-order chi connectivity index (χ1) is 18.5. The summed E-state index contributed by atoms with van der Waals surface area (Å²) < 4.78 is 12.3. The maximum atomic E-state index is 13.3. The second-order valence-electron chi connectivity index (χ2n) is 8.68. The Morgan fingerprint density at radius 1 is 1.00 bits per heavy atom. The van der Waals surface area contributed by atoms with Gasteiger partial charge in [-0.2, -0.15) is 0 Å². The highest BCUT2D eigenvalue weighted by Crippen LogP contribution is 2.27. The molecule has 4 rings (SSSR count). The average Bonchev–Trinajstić information content (AvgIpc) is 2.94. The second-order valence-corrected chi connectivity index (χ2v) is 10.1. The summed E-state index contributed by atoms with van der Waals surface area (Å²) in [6.07, 6.45) is 1.51. The zero-order valence-electron chi connectivity index (χ0n) is 21.4. The van der Waals surface area contributed by atoms with Crippen LogP contribution in [0.25, 0.3) is 10.9 Å². The topological polar surface area (TPSA) is 82.5 Å². The highest BCUT2D eigenvalue weighted by Gasteiger charge is 2.13. The van der Waals surface area contributed by atoms with Crippen LogP contribution in [0.4, 0.5) is 0 Å². The number of thioether (sulfide) groups is 1. The first-order valence-electron chi connectivity index (χ1n) is 12.3. The molecule has 1 heterocycles. The van der Waals surface area contributed by atoms with Gasteiger partial charge in [-0.3, -0.25) is 14.2 Å². The Hall–Kier alpha value is -3.49. The van der Waals surface area contributed by atoms with Gasteiger partial charge < -0.3 is 14.8 Å². The largest absolute Gasteiger partial charge is 0.493 e. The van der Waals surface area contributed by atoms with Crippen LogP contribution in [0.1, 0.15) is 24.0 Å². The van der Waals surface area contributed by atoms with E-state index in [9.17, 15) is 9.59 Å². The van der Waals surface area contributed by atoms with Crippen molar-refractivity contribution in [1.29, 1.82) is 0 Å². The lowest BCUT2D eigenvalue weighted by atomic mass is 10.1. The fourth-order valence-corrected chi connectivity index (χ4v) is 5.16. The van der Waals surface area contributed by atoms with Crippen molar-refractivity contribution < 1.29 is 14.3 Å². The number of benzene rings is 3. The van der Waals surface area contributed by atoms with Gasteiger partial charge in [0, 0.05) is 30.3 Å². The van der Waals surface area contributed by atoms with Crippen molar-refractivity contribution in [1.82, 2.24) is 14.9 Å². The van der Waals surface area contributed by atoms with Crippen LogP contribution in [0.3, 0.4) is 0 Å². The molecule has 1 aromatic heterocycles. The van der Waals surface area contributed by atoms with E-state index in [0.29, 0.717) is 70.7 Å². The normalized spacial score (nSPS) is 10.9. The monoisotopic (exact) mass is 551 g/mol. The molecule has 0 aliphatic rings. The fourth-order valence-electron chi connectivity index (χ4n) is 4.05. The molecule has 0 saturated heterocycles. The van der Waals surface area contributed by atoms with Crippen molar-refractivity contribution in [3.63, 3.8) is 0 Å². The number of para-hydroxylation sites is 1. The van der Waals surface area contributed by atoms with E-state index in [4.69, 9.17) is 26.1 Å². The van der Waals surface area contributed by atoms with Crippen molar-refractivity contribution in [3.05, 3.63) is 93.2 Å². The highest BCUT2D eigenvalue weighted by atomic mass is 35.5. The molecular formula is C29H30ClN3O4S. The van der Waals surface area contributed by atoms with E-state index in [2.05, 4.69) is 5.32 Å². The molecule has 3 aromatic carbocycles. The molecular weight excluding hydrogens is 522 g/mol. The number of fused-ring (bicyclic) bond motifs is 1. The summed E-state index contributed by atoms with van der Waals surface area (Å²) in [6, 6.07) is 20.7. The third-order valence-corrected chi connectivity index (χ3v) is 7.38. The molecule has 1 amide bonds. The van der Waals surface area contributed by atoms with Gasteiger partial charge in [-0.15, -0.1) is 0 Å². The van der Waals surface area contributed by atoms with Crippen LogP contribution in [0.2, 0.25) is 5.02 Å². The van der Waals surface area contributed by atoms with Crippen molar-refractivity contribution in [2.45, 2.75) is 36.7 Å². The van der Waals surface area contributed by atoms with Crippen molar-refractivity contribution >= 4 is 40.2 Å². The fraction of sp³-hybridized carbons (Fsp3) is 0.276. The number of aromatic nitrogens is 2. The molecule has 7 nitrogen and oxygen atoms in total. The average molecular weight is 552 g/mol. The number of amides is 1. The van der Waals surface area contributed by atoms with Crippen LogP contribution in [0, 0.1) is 0 Å². The number of methoxy groups -OCH3 is 2. The summed E-state index contributed by atoms with van der Waals surface area (Å²) in [5.74, 6) is 1.93. The third kappa shape index (κ3) is 7.08. The Morgan fingerprint density at radius 2 is 1.74 bits per heavy atom. The van der Waals surface area contributed by atoms with E-state index in [-0.39, 0.29) is 11.5 Å². The minimum atomic E-state index is -0.0944. The Balaban J connectivity index is 1.36. The number of nitrogens with zero attached hydrogens (tertiary/aromatic N) is 2. The zero-order chi connectivity index (χ0) is 26.9. The van der Waals surface area contributed by atoms with Crippen molar-refractivity contribution in [3.8, 4) is 11.5 Å². The molecule has 0 aliphatic heterocycles. The van der Waals surface area contributed by atoms with Crippen LogP contribution in [-0.4, -0.2) is 36.2 Å². The number of hydrogen-bond donors (Lipinski definition) is 1. The Bertz CT molecular complexity index is 1460. The smallest absolute Gasteiger partial charge is 0.262 e. The van der Waals surface area contributed by atoms with Gasteiger partial charge in [0.05, 0.1) is 25.1 Å². The Kier molecular flexibility index (Phi) is 9.67. The van der Waals surface area contributed by atoms with E-state index in [1.54, 1.807) is 24.9 Å². The summed E-state index contributed by atoms with van der Waals surface area (Å²) in [5.41, 5.74) is 2.70. The van der Waals surface area contributed by atoms with Crippen LogP contribution < -0.4 is 20.3 Å². The summed E-state index contributed by atoms with van der Waals surface area (Å²) in [7, 11) is 3.20. The molecule has 198 valence electrons. The van der Waals surface area contributed by atoms with Crippen molar-refractivity contribution in [2.75, 3.05) is 20.8 Å². The van der Waals surface area contributed by atoms with Gasteiger partial charge in [-0.1, -0.05) is 53.7 Å². The molecule has 0 fully saturated rings. The van der Waals surface area contributed by atoms with Crippen LogP contribution >= 0.6 is 23.4 Å². The Labute approximate surface area is 231 Å². The van der Waals surface area contributed by atoms with E-state index >= 15 is 0 Å². The Morgan fingerprint density at radius 3 is 2.50 bits per heavy atom. The molecule has 9 heteroatoms. The van der Waals surface area contributed by atoms with Gasteiger partial charge in [0.15, 0.2) is 16.7 Å². The number of nitrogens with one attached hydrogen (secondary N) is 1. The van der Waals surface area contributed by atoms with Gasteiger partial charge in [0.2, 0.25) is 5.91 Å². The number of carbonyl (C=O) groups excluding carboxylic acids is 1. The molecule has 0 unspecified atom stereocenters. The van der Waals surface area contributed by atoms with Crippen molar-refractivity contribution in [2.24, 2.45) is 0 Å². The lowest BCUT2D eigenvalue weighted by Gasteiger charge is -2.13. The lowest BCUT2D eigenvalue weighted by molar-refractivity contribution is -0.121. The predicted molar refractivity (Wildman–Crippen MR) is 153 cm³/mol. The minimum absolute atomic E-state index is 0.0531. The van der Waals surface area contributed by atoms with E-state index in [1.165, 1.54) is 11.8 Å².